The van der Waals surface area contributed by atoms with Crippen molar-refractivity contribution in [1.29, 1.82) is 0 Å². The first-order valence-corrected chi connectivity index (χ1v) is 8.01. The smallest absolute Gasteiger partial charge is 0.117 e. The second-order valence-electron chi connectivity index (χ2n) is 4.34. The maximum absolute atomic E-state index is 5.30. The van der Waals surface area contributed by atoms with Crippen molar-refractivity contribution in [2.75, 3.05) is 32.1 Å². The molecule has 0 bridgehead atoms. The number of aromatic nitrogens is 2. The first-order chi connectivity index (χ1) is 9.92. The Hall–Kier alpha value is -1.17. The first-order valence-electron chi connectivity index (χ1n) is 7.03. The van der Waals surface area contributed by atoms with Crippen LogP contribution in [0.5, 0.6) is 0 Å². The van der Waals surface area contributed by atoms with Crippen molar-refractivity contribution in [1.82, 2.24) is 15.3 Å². The molecule has 0 amide bonds. The van der Waals surface area contributed by atoms with Crippen LogP contribution in [0.15, 0.2) is 35.6 Å². The molecule has 0 unspecified atom stereocenters. The van der Waals surface area contributed by atoms with Gasteiger partial charge in [-0.2, -0.15) is 0 Å². The summed E-state index contributed by atoms with van der Waals surface area (Å²) in [6.07, 6.45) is 2.70. The fraction of sp³-hybridized carbons (Fsp3) is 0.467. The van der Waals surface area contributed by atoms with Crippen LogP contribution in [0.3, 0.4) is 0 Å². The van der Waals surface area contributed by atoms with Crippen molar-refractivity contribution < 1.29 is 4.74 Å². The zero-order valence-corrected chi connectivity index (χ0v) is 12.7. The lowest BCUT2D eigenvalue weighted by Crippen LogP contribution is -2.19. The van der Waals surface area contributed by atoms with Crippen LogP contribution in [0, 0.1) is 0 Å². The van der Waals surface area contributed by atoms with Crippen LogP contribution in [0.25, 0.3) is 10.9 Å². The van der Waals surface area contributed by atoms with Crippen LogP contribution in [0.2, 0.25) is 0 Å². The van der Waals surface area contributed by atoms with Crippen LogP contribution in [0.1, 0.15) is 13.3 Å². The molecule has 20 heavy (non-hydrogen) atoms. The van der Waals surface area contributed by atoms with E-state index in [1.807, 2.05) is 25.1 Å². The van der Waals surface area contributed by atoms with Gasteiger partial charge in [-0.05, 0) is 26.0 Å². The van der Waals surface area contributed by atoms with E-state index in [-0.39, 0.29) is 0 Å². The van der Waals surface area contributed by atoms with Gasteiger partial charge in [0.05, 0.1) is 5.52 Å². The Morgan fingerprint density at radius 3 is 3.00 bits per heavy atom. The van der Waals surface area contributed by atoms with Crippen LogP contribution in [-0.4, -0.2) is 42.0 Å². The summed E-state index contributed by atoms with van der Waals surface area (Å²) in [6.45, 7) is 5.65. The average Bonchev–Trinajstić information content (AvgIpc) is 2.50. The molecule has 0 radical (unpaired) electrons. The SMILES string of the molecule is CCOCCCNCCSc1ncnc2ccccc12. The van der Waals surface area contributed by atoms with Gasteiger partial charge in [-0.25, -0.2) is 9.97 Å². The molecule has 2 aromatic rings. The fourth-order valence-electron chi connectivity index (χ4n) is 1.88. The molecule has 1 N–H and O–H groups in total. The maximum atomic E-state index is 5.30. The summed E-state index contributed by atoms with van der Waals surface area (Å²) in [5, 5.41) is 5.62. The predicted molar refractivity (Wildman–Crippen MR) is 84.2 cm³/mol. The lowest BCUT2D eigenvalue weighted by Gasteiger charge is -2.06. The number of para-hydroxylation sites is 1. The Kier molecular flexibility index (Phi) is 6.77. The van der Waals surface area contributed by atoms with Gasteiger partial charge in [-0.3, -0.25) is 0 Å². The Morgan fingerprint density at radius 2 is 2.10 bits per heavy atom. The number of ether oxygens (including phenoxy) is 1. The molecule has 0 spiro atoms. The summed E-state index contributed by atoms with van der Waals surface area (Å²) in [7, 11) is 0. The van der Waals surface area contributed by atoms with Gasteiger partial charge in [0.2, 0.25) is 0 Å². The highest BCUT2D eigenvalue weighted by Crippen LogP contribution is 2.23. The second-order valence-corrected chi connectivity index (χ2v) is 5.43. The number of rotatable bonds is 9. The minimum Gasteiger partial charge on any atom is -0.382 e. The molecule has 1 aromatic carbocycles. The van der Waals surface area contributed by atoms with E-state index in [9.17, 15) is 0 Å². The molecule has 5 heteroatoms. The summed E-state index contributed by atoms with van der Waals surface area (Å²) in [4.78, 5) is 8.64. The van der Waals surface area contributed by atoms with Crippen LogP contribution >= 0.6 is 11.8 Å². The van der Waals surface area contributed by atoms with E-state index in [0.29, 0.717) is 0 Å². The van der Waals surface area contributed by atoms with Crippen molar-refractivity contribution in [3.8, 4) is 0 Å². The van der Waals surface area contributed by atoms with E-state index in [1.165, 1.54) is 0 Å². The van der Waals surface area contributed by atoms with Gasteiger partial charge in [-0.15, -0.1) is 11.8 Å². The topological polar surface area (TPSA) is 47.0 Å². The highest BCUT2D eigenvalue weighted by molar-refractivity contribution is 7.99. The quantitative estimate of drug-likeness (QED) is 0.437. The molecule has 108 valence electrons. The molecule has 0 aliphatic heterocycles. The van der Waals surface area contributed by atoms with Crippen molar-refractivity contribution in [3.63, 3.8) is 0 Å². The minimum absolute atomic E-state index is 0.802. The van der Waals surface area contributed by atoms with Gasteiger partial charge in [0.25, 0.3) is 0 Å². The Bertz CT molecular complexity index is 516. The molecule has 0 saturated carbocycles. The van der Waals surface area contributed by atoms with Gasteiger partial charge in [0, 0.05) is 30.9 Å². The number of nitrogens with zero attached hydrogens (tertiary/aromatic N) is 2. The number of hydrogen-bond acceptors (Lipinski definition) is 5. The molecule has 2 rings (SSSR count). The third-order valence-electron chi connectivity index (χ3n) is 2.87. The van der Waals surface area contributed by atoms with Gasteiger partial charge in [0.1, 0.15) is 11.4 Å². The molecule has 0 aliphatic carbocycles. The van der Waals surface area contributed by atoms with E-state index < -0.39 is 0 Å². The Balaban J connectivity index is 1.71. The highest BCUT2D eigenvalue weighted by atomic mass is 32.2. The summed E-state index contributed by atoms with van der Waals surface area (Å²) in [5.74, 6) is 1.01. The molecular weight excluding hydrogens is 270 g/mol. The van der Waals surface area contributed by atoms with Crippen LogP contribution in [-0.2, 0) is 4.74 Å². The largest absolute Gasteiger partial charge is 0.382 e. The zero-order chi connectivity index (χ0) is 14.0. The summed E-state index contributed by atoms with van der Waals surface area (Å²) in [6, 6.07) is 8.13. The third-order valence-corrected chi connectivity index (χ3v) is 3.88. The standard InChI is InChI=1S/C15H21N3OS/c1-2-19-10-5-8-16-9-11-20-15-13-6-3-4-7-14(13)17-12-18-15/h3-4,6-7,12,16H,2,5,8-11H2,1H3. The Labute approximate surface area is 124 Å². The molecule has 0 fully saturated rings. The highest BCUT2D eigenvalue weighted by Gasteiger charge is 2.02. The minimum atomic E-state index is 0.802. The maximum Gasteiger partial charge on any atom is 0.117 e. The molecule has 4 nitrogen and oxygen atoms in total. The molecule has 1 heterocycles. The average molecular weight is 291 g/mol. The second kappa shape index (κ2) is 8.89. The fourth-order valence-corrected chi connectivity index (χ4v) is 2.77. The molecule has 0 aliphatic rings. The van der Waals surface area contributed by atoms with E-state index >= 15 is 0 Å². The summed E-state index contributed by atoms with van der Waals surface area (Å²) in [5.41, 5.74) is 1.01. The molecule has 0 atom stereocenters. The first kappa shape index (κ1) is 15.2. The van der Waals surface area contributed by atoms with Gasteiger partial charge < -0.3 is 10.1 Å². The van der Waals surface area contributed by atoms with Gasteiger partial charge >= 0.3 is 0 Å². The van der Waals surface area contributed by atoms with Gasteiger partial charge in [-0.1, -0.05) is 18.2 Å². The third kappa shape index (κ3) is 4.74. The normalized spacial score (nSPS) is 11.1. The van der Waals surface area contributed by atoms with E-state index in [2.05, 4.69) is 21.4 Å². The van der Waals surface area contributed by atoms with E-state index in [1.54, 1.807) is 18.1 Å². The zero-order valence-electron chi connectivity index (χ0n) is 11.8. The van der Waals surface area contributed by atoms with Crippen molar-refractivity contribution in [3.05, 3.63) is 30.6 Å². The molecule has 0 saturated heterocycles. The van der Waals surface area contributed by atoms with Gasteiger partial charge in [0.15, 0.2) is 0 Å². The molecule has 1 aromatic heterocycles. The number of nitrogens with one attached hydrogen (secondary N) is 1. The summed E-state index contributed by atoms with van der Waals surface area (Å²) < 4.78 is 5.30. The van der Waals surface area contributed by atoms with Crippen molar-refractivity contribution in [2.45, 2.75) is 18.4 Å². The van der Waals surface area contributed by atoms with Crippen LogP contribution < -0.4 is 5.32 Å². The lowest BCUT2D eigenvalue weighted by atomic mass is 10.2. The number of thioether (sulfide) groups is 1. The van der Waals surface area contributed by atoms with Crippen LogP contribution in [0.4, 0.5) is 0 Å². The lowest BCUT2D eigenvalue weighted by molar-refractivity contribution is 0.145. The molecular formula is C15H21N3OS. The van der Waals surface area contributed by atoms with Crippen molar-refractivity contribution in [2.24, 2.45) is 0 Å². The van der Waals surface area contributed by atoms with E-state index in [4.69, 9.17) is 4.74 Å². The number of benzene rings is 1. The number of hydrogen-bond donors (Lipinski definition) is 1. The van der Waals surface area contributed by atoms with E-state index in [0.717, 1.165) is 54.4 Å². The summed E-state index contributed by atoms with van der Waals surface area (Å²) >= 11 is 1.77. The Morgan fingerprint density at radius 1 is 1.20 bits per heavy atom. The number of fused-ring (bicyclic) bond motifs is 1. The van der Waals surface area contributed by atoms with Crippen molar-refractivity contribution >= 4 is 22.7 Å². The monoisotopic (exact) mass is 291 g/mol. The predicted octanol–water partition coefficient (Wildman–Crippen LogP) is 2.74.